The molecule has 0 spiro atoms. The summed E-state index contributed by atoms with van der Waals surface area (Å²) in [6, 6.07) is 8.59. The Hall–Kier alpha value is -1.59. The van der Waals surface area contributed by atoms with Crippen molar-refractivity contribution in [2.24, 2.45) is 0 Å². The monoisotopic (exact) mass is 283 g/mol. The molecule has 2 rings (SSSR count). The van der Waals surface area contributed by atoms with Gasteiger partial charge in [-0.05, 0) is 23.1 Å². The van der Waals surface area contributed by atoms with Crippen molar-refractivity contribution < 1.29 is 9.66 Å². The van der Waals surface area contributed by atoms with Crippen molar-refractivity contribution in [1.29, 1.82) is 0 Å². The van der Waals surface area contributed by atoms with Gasteiger partial charge in [-0.3, -0.25) is 10.1 Å². The summed E-state index contributed by atoms with van der Waals surface area (Å²) in [5.74, 6) is 0.508. The minimum atomic E-state index is -0.459. The van der Waals surface area contributed by atoms with Crippen LogP contribution in [0.2, 0.25) is 0 Å². The minimum Gasteiger partial charge on any atom is -0.481 e. The molecule has 0 bridgehead atoms. The SMILES string of the molecule is O=[N+]([O-])c1cc(CCl)ccc1OCc1cccs1. The molecule has 0 unspecified atom stereocenters. The van der Waals surface area contributed by atoms with E-state index in [0.717, 1.165) is 4.88 Å². The molecule has 1 heterocycles. The maximum Gasteiger partial charge on any atom is 0.311 e. The van der Waals surface area contributed by atoms with Crippen LogP contribution in [0.25, 0.3) is 0 Å². The van der Waals surface area contributed by atoms with E-state index in [9.17, 15) is 10.1 Å². The first-order chi connectivity index (χ1) is 8.70. The summed E-state index contributed by atoms with van der Waals surface area (Å²) < 4.78 is 5.47. The molecule has 2 aromatic rings. The summed E-state index contributed by atoms with van der Waals surface area (Å²) in [6.45, 7) is 0.332. The lowest BCUT2D eigenvalue weighted by atomic mass is 10.2. The summed E-state index contributed by atoms with van der Waals surface area (Å²) in [5.41, 5.74) is 0.650. The van der Waals surface area contributed by atoms with Gasteiger partial charge in [-0.15, -0.1) is 22.9 Å². The van der Waals surface area contributed by atoms with Gasteiger partial charge in [0.25, 0.3) is 0 Å². The van der Waals surface area contributed by atoms with Crippen LogP contribution in [0.3, 0.4) is 0 Å². The van der Waals surface area contributed by atoms with Crippen molar-refractivity contribution >= 4 is 28.6 Å². The van der Waals surface area contributed by atoms with Gasteiger partial charge in [-0.2, -0.15) is 0 Å². The van der Waals surface area contributed by atoms with Gasteiger partial charge < -0.3 is 4.74 Å². The number of alkyl halides is 1. The van der Waals surface area contributed by atoms with E-state index in [-0.39, 0.29) is 17.3 Å². The van der Waals surface area contributed by atoms with E-state index in [1.165, 1.54) is 6.07 Å². The van der Waals surface area contributed by atoms with E-state index in [1.807, 2.05) is 17.5 Å². The average Bonchev–Trinajstić information content (AvgIpc) is 2.89. The highest BCUT2D eigenvalue weighted by molar-refractivity contribution is 7.09. The normalized spacial score (nSPS) is 10.3. The Balaban J connectivity index is 2.18. The molecule has 6 heteroatoms. The second-order valence-electron chi connectivity index (χ2n) is 3.56. The van der Waals surface area contributed by atoms with E-state index in [0.29, 0.717) is 12.2 Å². The molecule has 94 valence electrons. The van der Waals surface area contributed by atoms with Crippen LogP contribution in [0.4, 0.5) is 5.69 Å². The third-order valence-corrected chi connectivity index (χ3v) is 3.48. The number of rotatable bonds is 5. The number of hydrogen-bond acceptors (Lipinski definition) is 4. The fraction of sp³-hybridized carbons (Fsp3) is 0.167. The summed E-state index contributed by atoms with van der Waals surface area (Å²) in [4.78, 5) is 11.5. The number of nitro benzene ring substituents is 1. The molecule has 0 amide bonds. The average molecular weight is 284 g/mol. The lowest BCUT2D eigenvalue weighted by Gasteiger charge is -2.06. The molecule has 0 saturated heterocycles. The van der Waals surface area contributed by atoms with E-state index in [1.54, 1.807) is 23.5 Å². The highest BCUT2D eigenvalue weighted by Crippen LogP contribution is 2.29. The van der Waals surface area contributed by atoms with Gasteiger partial charge in [0.1, 0.15) is 6.61 Å². The lowest BCUT2D eigenvalue weighted by molar-refractivity contribution is -0.386. The molecule has 0 fully saturated rings. The minimum absolute atomic E-state index is 0.0512. The van der Waals surface area contributed by atoms with Crippen LogP contribution in [0.5, 0.6) is 5.75 Å². The van der Waals surface area contributed by atoms with Crippen LogP contribution in [-0.2, 0) is 12.5 Å². The van der Waals surface area contributed by atoms with Crippen molar-refractivity contribution in [1.82, 2.24) is 0 Å². The molecule has 0 aliphatic carbocycles. The Morgan fingerprint density at radius 2 is 2.22 bits per heavy atom. The molecule has 0 atom stereocenters. The first-order valence-corrected chi connectivity index (χ1v) is 6.60. The van der Waals surface area contributed by atoms with Gasteiger partial charge in [0.15, 0.2) is 5.75 Å². The van der Waals surface area contributed by atoms with Gasteiger partial charge in [0, 0.05) is 16.8 Å². The molecule has 0 saturated carbocycles. The third kappa shape index (κ3) is 3.00. The smallest absolute Gasteiger partial charge is 0.311 e. The molecule has 0 aliphatic rings. The topological polar surface area (TPSA) is 52.4 Å². The Kier molecular flexibility index (Phi) is 4.17. The van der Waals surface area contributed by atoms with Crippen molar-refractivity contribution in [2.75, 3.05) is 0 Å². The zero-order valence-electron chi connectivity index (χ0n) is 9.34. The number of hydrogen-bond donors (Lipinski definition) is 0. The molecular formula is C12H10ClNO3S. The highest BCUT2D eigenvalue weighted by atomic mass is 35.5. The Labute approximate surface area is 113 Å². The van der Waals surface area contributed by atoms with Gasteiger partial charge in [-0.25, -0.2) is 0 Å². The molecule has 4 nitrogen and oxygen atoms in total. The zero-order valence-corrected chi connectivity index (χ0v) is 10.9. The van der Waals surface area contributed by atoms with Crippen molar-refractivity contribution in [3.05, 3.63) is 56.3 Å². The second kappa shape index (κ2) is 5.84. The summed E-state index contributed by atoms with van der Waals surface area (Å²) in [5, 5.41) is 12.9. The van der Waals surface area contributed by atoms with Gasteiger partial charge in [0.2, 0.25) is 0 Å². The summed E-state index contributed by atoms with van der Waals surface area (Å²) in [7, 11) is 0. The van der Waals surface area contributed by atoms with E-state index in [2.05, 4.69) is 0 Å². The number of thiophene rings is 1. The van der Waals surface area contributed by atoms with Crippen molar-refractivity contribution in [3.63, 3.8) is 0 Å². The maximum absolute atomic E-state index is 10.9. The maximum atomic E-state index is 10.9. The van der Waals surface area contributed by atoms with Gasteiger partial charge in [-0.1, -0.05) is 12.1 Å². The van der Waals surface area contributed by atoms with Crippen molar-refractivity contribution in [3.8, 4) is 5.75 Å². The van der Waals surface area contributed by atoms with Crippen LogP contribution in [-0.4, -0.2) is 4.92 Å². The lowest BCUT2D eigenvalue weighted by Crippen LogP contribution is -1.98. The quantitative estimate of drug-likeness (QED) is 0.474. The van der Waals surface area contributed by atoms with Gasteiger partial charge in [0.05, 0.1) is 4.92 Å². The summed E-state index contributed by atoms with van der Waals surface area (Å²) in [6.07, 6.45) is 0. The zero-order chi connectivity index (χ0) is 13.0. The predicted molar refractivity (Wildman–Crippen MR) is 71.3 cm³/mol. The Morgan fingerprint density at radius 1 is 1.39 bits per heavy atom. The van der Waals surface area contributed by atoms with Crippen LogP contribution in [0, 0.1) is 10.1 Å². The van der Waals surface area contributed by atoms with E-state index >= 15 is 0 Å². The van der Waals surface area contributed by atoms with Gasteiger partial charge >= 0.3 is 5.69 Å². The van der Waals surface area contributed by atoms with Crippen LogP contribution < -0.4 is 4.74 Å². The molecule has 0 aliphatic heterocycles. The molecule has 0 radical (unpaired) electrons. The first kappa shape index (κ1) is 12.9. The number of nitrogens with zero attached hydrogens (tertiary/aromatic N) is 1. The number of halogens is 1. The Morgan fingerprint density at radius 3 is 2.83 bits per heavy atom. The first-order valence-electron chi connectivity index (χ1n) is 5.19. The Bertz CT molecular complexity index is 542. The number of benzene rings is 1. The van der Waals surface area contributed by atoms with Crippen LogP contribution in [0.15, 0.2) is 35.7 Å². The third-order valence-electron chi connectivity index (χ3n) is 2.32. The van der Waals surface area contributed by atoms with Crippen LogP contribution in [0.1, 0.15) is 10.4 Å². The standard InChI is InChI=1S/C12H10ClNO3S/c13-7-9-3-4-12(11(6-9)14(15)16)17-8-10-2-1-5-18-10/h1-6H,7-8H2. The fourth-order valence-electron chi connectivity index (χ4n) is 1.45. The number of ether oxygens (including phenoxy) is 1. The second-order valence-corrected chi connectivity index (χ2v) is 4.86. The van der Waals surface area contributed by atoms with E-state index < -0.39 is 4.92 Å². The molecule has 1 aromatic heterocycles. The number of nitro groups is 1. The van der Waals surface area contributed by atoms with Crippen molar-refractivity contribution in [2.45, 2.75) is 12.5 Å². The largest absolute Gasteiger partial charge is 0.481 e. The predicted octanol–water partition coefficient (Wildman–Crippen LogP) is 3.97. The molecule has 1 aromatic carbocycles. The molecule has 0 N–H and O–H groups in total. The summed E-state index contributed by atoms with van der Waals surface area (Å²) >= 11 is 7.20. The molecule has 18 heavy (non-hydrogen) atoms. The van der Waals surface area contributed by atoms with E-state index in [4.69, 9.17) is 16.3 Å². The highest BCUT2D eigenvalue weighted by Gasteiger charge is 2.15. The molecular weight excluding hydrogens is 274 g/mol. The van der Waals surface area contributed by atoms with Crippen LogP contribution >= 0.6 is 22.9 Å². The fourth-order valence-corrected chi connectivity index (χ4v) is 2.24.